The summed E-state index contributed by atoms with van der Waals surface area (Å²) in [6.07, 6.45) is 1.66. The maximum atomic E-state index is 10.5. The van der Waals surface area contributed by atoms with Crippen LogP contribution in [-0.2, 0) is 11.2 Å². The lowest BCUT2D eigenvalue weighted by Gasteiger charge is -2.14. The number of methoxy groups -OCH3 is 1. The first-order chi connectivity index (χ1) is 7.97. The number of aliphatic carboxylic acids is 1. The van der Waals surface area contributed by atoms with E-state index in [4.69, 9.17) is 9.84 Å². The van der Waals surface area contributed by atoms with Gasteiger partial charge in [-0.15, -0.1) is 0 Å². The molecule has 1 N–H and O–H groups in total. The van der Waals surface area contributed by atoms with E-state index in [9.17, 15) is 4.79 Å². The summed E-state index contributed by atoms with van der Waals surface area (Å²) in [5.41, 5.74) is 3.49. The first-order valence-corrected chi connectivity index (χ1v) is 6.31. The van der Waals surface area contributed by atoms with Crippen LogP contribution in [0.5, 0.6) is 5.75 Å². The van der Waals surface area contributed by atoms with Crippen molar-refractivity contribution in [3.05, 3.63) is 27.2 Å². The highest BCUT2D eigenvalue weighted by Crippen LogP contribution is 2.33. The lowest BCUT2D eigenvalue weighted by molar-refractivity contribution is -0.137. The molecule has 0 aromatic heterocycles. The topological polar surface area (TPSA) is 46.5 Å². The molecule has 0 amide bonds. The third-order valence-electron chi connectivity index (χ3n) is 2.86. The van der Waals surface area contributed by atoms with Gasteiger partial charge < -0.3 is 9.84 Å². The Morgan fingerprint density at radius 3 is 2.65 bits per heavy atom. The molecule has 1 aromatic rings. The van der Waals surface area contributed by atoms with Gasteiger partial charge >= 0.3 is 5.97 Å². The molecule has 0 unspecified atom stereocenters. The first-order valence-electron chi connectivity index (χ1n) is 5.51. The van der Waals surface area contributed by atoms with Gasteiger partial charge in [0.25, 0.3) is 0 Å². The smallest absolute Gasteiger partial charge is 0.303 e. The van der Waals surface area contributed by atoms with E-state index in [0.717, 1.165) is 27.8 Å². The minimum atomic E-state index is -0.743. The van der Waals surface area contributed by atoms with Gasteiger partial charge in [0, 0.05) is 6.42 Å². The number of hydrogen-bond acceptors (Lipinski definition) is 2. The van der Waals surface area contributed by atoms with Gasteiger partial charge in [-0.05, 0) is 65.4 Å². The number of carbonyl (C=O) groups is 1. The van der Waals surface area contributed by atoms with Gasteiger partial charge in [-0.25, -0.2) is 0 Å². The Hall–Kier alpha value is -1.03. The summed E-state index contributed by atoms with van der Waals surface area (Å²) in [4.78, 5) is 10.5. The van der Waals surface area contributed by atoms with Crippen molar-refractivity contribution < 1.29 is 14.6 Å². The van der Waals surface area contributed by atoms with E-state index in [1.54, 1.807) is 7.11 Å². The van der Waals surface area contributed by atoms with Gasteiger partial charge in [0.05, 0.1) is 11.6 Å². The van der Waals surface area contributed by atoms with Gasteiger partial charge in [-0.3, -0.25) is 4.79 Å². The van der Waals surface area contributed by atoms with Crippen molar-refractivity contribution in [2.75, 3.05) is 7.11 Å². The molecule has 0 saturated carbocycles. The summed E-state index contributed by atoms with van der Waals surface area (Å²) in [6.45, 7) is 4.05. The molecule has 0 spiro atoms. The number of ether oxygens (including phenoxy) is 1. The average molecular weight is 301 g/mol. The third-order valence-corrected chi connectivity index (χ3v) is 3.84. The highest BCUT2D eigenvalue weighted by Gasteiger charge is 2.11. The summed E-state index contributed by atoms with van der Waals surface area (Å²) in [7, 11) is 1.64. The number of benzene rings is 1. The van der Waals surface area contributed by atoms with E-state index < -0.39 is 5.97 Å². The van der Waals surface area contributed by atoms with Gasteiger partial charge in [0.15, 0.2) is 0 Å². The standard InChI is InChI=1S/C13H17BrO3/c1-8-7-11(17-3)13(14)9(2)10(8)5-4-6-12(15)16/h7H,4-6H2,1-3H3,(H,15,16). The highest BCUT2D eigenvalue weighted by atomic mass is 79.9. The molecular formula is C13H17BrO3. The Labute approximate surface area is 110 Å². The predicted molar refractivity (Wildman–Crippen MR) is 70.7 cm³/mol. The maximum Gasteiger partial charge on any atom is 0.303 e. The molecule has 3 nitrogen and oxygen atoms in total. The van der Waals surface area contributed by atoms with Crippen LogP contribution >= 0.6 is 15.9 Å². The van der Waals surface area contributed by atoms with Gasteiger partial charge in [0.1, 0.15) is 5.75 Å². The SMILES string of the molecule is COc1cc(C)c(CCCC(=O)O)c(C)c1Br. The zero-order valence-corrected chi connectivity index (χ0v) is 11.9. The second-order valence-electron chi connectivity index (χ2n) is 4.06. The second kappa shape index (κ2) is 6.05. The fourth-order valence-electron chi connectivity index (χ4n) is 1.91. The van der Waals surface area contributed by atoms with Crippen LogP contribution in [0.15, 0.2) is 10.5 Å². The van der Waals surface area contributed by atoms with Gasteiger partial charge in [0.2, 0.25) is 0 Å². The maximum absolute atomic E-state index is 10.5. The predicted octanol–water partition coefficient (Wildman–Crippen LogP) is 3.48. The molecule has 0 fully saturated rings. The molecule has 0 aliphatic rings. The highest BCUT2D eigenvalue weighted by molar-refractivity contribution is 9.10. The van der Waals surface area contributed by atoms with Crippen LogP contribution in [0.1, 0.15) is 29.5 Å². The van der Waals surface area contributed by atoms with Crippen LogP contribution in [0.2, 0.25) is 0 Å². The third kappa shape index (κ3) is 3.46. The van der Waals surface area contributed by atoms with Crippen LogP contribution in [0.4, 0.5) is 0 Å². The van der Waals surface area contributed by atoms with Crippen LogP contribution in [0, 0.1) is 13.8 Å². The Balaban J connectivity index is 2.92. The molecule has 4 heteroatoms. The monoisotopic (exact) mass is 300 g/mol. The fourth-order valence-corrected chi connectivity index (χ4v) is 2.43. The minimum absolute atomic E-state index is 0.211. The van der Waals surface area contributed by atoms with Crippen molar-refractivity contribution >= 4 is 21.9 Å². The van der Waals surface area contributed by atoms with Crippen LogP contribution in [0.25, 0.3) is 0 Å². The molecule has 0 radical (unpaired) electrons. The first kappa shape index (κ1) is 14.0. The number of hydrogen-bond donors (Lipinski definition) is 1. The largest absolute Gasteiger partial charge is 0.496 e. The number of halogens is 1. The molecule has 17 heavy (non-hydrogen) atoms. The van der Waals surface area contributed by atoms with E-state index in [1.165, 1.54) is 5.56 Å². The van der Waals surface area contributed by atoms with Crippen molar-refractivity contribution in [3.63, 3.8) is 0 Å². The van der Waals surface area contributed by atoms with Gasteiger partial charge in [-0.1, -0.05) is 0 Å². The van der Waals surface area contributed by atoms with E-state index in [0.29, 0.717) is 6.42 Å². The van der Waals surface area contributed by atoms with E-state index in [-0.39, 0.29) is 6.42 Å². The zero-order valence-electron chi connectivity index (χ0n) is 10.3. The molecule has 94 valence electrons. The van der Waals surface area contributed by atoms with E-state index in [1.807, 2.05) is 19.9 Å². The summed E-state index contributed by atoms with van der Waals surface area (Å²) in [5.74, 6) is 0.0786. The van der Waals surface area contributed by atoms with Crippen molar-refractivity contribution in [2.24, 2.45) is 0 Å². The van der Waals surface area contributed by atoms with Crippen molar-refractivity contribution in [1.82, 2.24) is 0 Å². The summed E-state index contributed by atoms with van der Waals surface area (Å²) < 4.78 is 6.22. The molecule has 0 heterocycles. The summed E-state index contributed by atoms with van der Waals surface area (Å²) in [5, 5.41) is 8.64. The van der Waals surface area contributed by atoms with Crippen LogP contribution in [0.3, 0.4) is 0 Å². The Morgan fingerprint density at radius 2 is 2.12 bits per heavy atom. The molecule has 0 saturated heterocycles. The quantitative estimate of drug-likeness (QED) is 0.905. The van der Waals surface area contributed by atoms with Crippen molar-refractivity contribution in [2.45, 2.75) is 33.1 Å². The average Bonchev–Trinajstić information content (AvgIpc) is 2.27. The molecule has 0 aliphatic carbocycles. The summed E-state index contributed by atoms with van der Waals surface area (Å²) in [6, 6.07) is 1.98. The lowest BCUT2D eigenvalue weighted by Crippen LogP contribution is -2.01. The number of carboxylic acid groups (broad SMARTS) is 1. The molecule has 1 aromatic carbocycles. The van der Waals surface area contributed by atoms with Crippen LogP contribution in [-0.4, -0.2) is 18.2 Å². The van der Waals surface area contributed by atoms with Crippen LogP contribution < -0.4 is 4.74 Å². The number of carboxylic acids is 1. The normalized spacial score (nSPS) is 10.4. The lowest BCUT2D eigenvalue weighted by atomic mass is 9.97. The molecule has 0 bridgehead atoms. The second-order valence-corrected chi connectivity index (χ2v) is 4.85. The zero-order chi connectivity index (χ0) is 13.0. The minimum Gasteiger partial charge on any atom is -0.496 e. The fraction of sp³-hybridized carbons (Fsp3) is 0.462. The van der Waals surface area contributed by atoms with Crippen molar-refractivity contribution in [3.8, 4) is 5.75 Å². The molecule has 0 aliphatic heterocycles. The number of aryl methyl sites for hydroxylation is 1. The Bertz CT molecular complexity index is 427. The molecule has 0 atom stereocenters. The van der Waals surface area contributed by atoms with E-state index >= 15 is 0 Å². The molecule has 1 rings (SSSR count). The Morgan fingerprint density at radius 1 is 1.47 bits per heavy atom. The molecular weight excluding hydrogens is 284 g/mol. The Kier molecular flexibility index (Phi) is 5.00. The number of rotatable bonds is 5. The van der Waals surface area contributed by atoms with E-state index in [2.05, 4.69) is 15.9 Å². The summed E-state index contributed by atoms with van der Waals surface area (Å²) >= 11 is 3.50. The van der Waals surface area contributed by atoms with Crippen molar-refractivity contribution in [1.29, 1.82) is 0 Å². The van der Waals surface area contributed by atoms with Gasteiger partial charge in [-0.2, -0.15) is 0 Å².